The van der Waals surface area contributed by atoms with Crippen molar-refractivity contribution in [2.24, 2.45) is 11.3 Å². The van der Waals surface area contributed by atoms with Crippen molar-refractivity contribution >= 4 is 12.0 Å². The van der Waals surface area contributed by atoms with Crippen molar-refractivity contribution in [3.63, 3.8) is 0 Å². The summed E-state index contributed by atoms with van der Waals surface area (Å²) in [5.74, 6) is 0.430. The van der Waals surface area contributed by atoms with Crippen molar-refractivity contribution in [3.8, 4) is 0 Å². The third kappa shape index (κ3) is 3.85. The van der Waals surface area contributed by atoms with Crippen LogP contribution in [0, 0.1) is 11.3 Å². The van der Waals surface area contributed by atoms with Crippen LogP contribution in [-0.2, 0) is 9.53 Å². The number of ether oxygens (including phenoxy) is 1. The highest BCUT2D eigenvalue weighted by molar-refractivity contribution is 5.82. The van der Waals surface area contributed by atoms with Gasteiger partial charge >= 0.3 is 6.09 Å². The maximum atomic E-state index is 12.0. The molecule has 0 bridgehead atoms. The molecule has 5 heteroatoms. The van der Waals surface area contributed by atoms with Crippen LogP contribution in [0.15, 0.2) is 0 Å². The Morgan fingerprint density at radius 3 is 2.32 bits per heavy atom. The van der Waals surface area contributed by atoms with Gasteiger partial charge in [-0.25, -0.2) is 4.79 Å². The Balaban J connectivity index is 2.51. The van der Waals surface area contributed by atoms with Gasteiger partial charge in [-0.1, -0.05) is 20.8 Å². The van der Waals surface area contributed by atoms with Gasteiger partial charge in [0.2, 0.25) is 5.91 Å². The molecular formula is C14H26N2O3. The lowest BCUT2D eigenvalue weighted by molar-refractivity contribution is -0.133. The van der Waals surface area contributed by atoms with E-state index in [0.29, 0.717) is 38.5 Å². The smallest absolute Gasteiger partial charge is 0.409 e. The maximum absolute atomic E-state index is 12.0. The Morgan fingerprint density at radius 2 is 1.89 bits per heavy atom. The number of nitrogens with zero attached hydrogens (tertiary/aromatic N) is 1. The number of nitrogens with one attached hydrogen (secondary N) is 1. The molecule has 0 aromatic heterocycles. The van der Waals surface area contributed by atoms with Crippen LogP contribution in [0.5, 0.6) is 0 Å². The van der Waals surface area contributed by atoms with Crippen LogP contribution in [0.4, 0.5) is 4.79 Å². The molecule has 0 aromatic rings. The minimum Gasteiger partial charge on any atom is -0.449 e. The number of hydrogen-bond donors (Lipinski definition) is 1. The molecule has 1 saturated heterocycles. The molecule has 0 unspecified atom stereocenters. The molecule has 0 aliphatic carbocycles. The number of carbonyl (C=O) groups excluding carboxylic acids is 2. The first-order chi connectivity index (χ1) is 8.95. The zero-order valence-electron chi connectivity index (χ0n) is 12.5. The standard InChI is InChI=1S/C14H26N2O3/c1-5-14(12(17)15-4)6-8-16(9-7-14)13(18)19-10-11(2)3/h11H,5-10H2,1-4H3,(H,15,17). The molecule has 1 aliphatic rings. The van der Waals surface area contributed by atoms with Gasteiger partial charge in [-0.15, -0.1) is 0 Å². The summed E-state index contributed by atoms with van der Waals surface area (Å²) in [5, 5.41) is 2.74. The molecule has 1 rings (SSSR count). The molecule has 0 saturated carbocycles. The van der Waals surface area contributed by atoms with Crippen LogP contribution in [-0.4, -0.2) is 43.6 Å². The Hall–Kier alpha value is -1.26. The van der Waals surface area contributed by atoms with Crippen molar-refractivity contribution in [1.29, 1.82) is 0 Å². The second-order valence-corrected chi connectivity index (χ2v) is 5.67. The van der Waals surface area contributed by atoms with Crippen molar-refractivity contribution in [2.75, 3.05) is 26.7 Å². The summed E-state index contributed by atoms with van der Waals surface area (Å²) in [5.41, 5.74) is -0.316. The fourth-order valence-corrected chi connectivity index (χ4v) is 2.45. The fraction of sp³-hybridized carbons (Fsp3) is 0.857. The Kier molecular flexibility index (Phi) is 5.63. The lowest BCUT2D eigenvalue weighted by Gasteiger charge is -2.39. The number of hydrogen-bond acceptors (Lipinski definition) is 3. The van der Waals surface area contributed by atoms with Crippen molar-refractivity contribution in [3.05, 3.63) is 0 Å². The van der Waals surface area contributed by atoms with E-state index in [1.807, 2.05) is 20.8 Å². The van der Waals surface area contributed by atoms with E-state index in [1.165, 1.54) is 0 Å². The van der Waals surface area contributed by atoms with E-state index in [2.05, 4.69) is 5.32 Å². The zero-order chi connectivity index (χ0) is 14.5. The van der Waals surface area contributed by atoms with Crippen LogP contribution in [0.1, 0.15) is 40.0 Å². The summed E-state index contributed by atoms with van der Waals surface area (Å²) < 4.78 is 5.22. The number of likely N-dealkylation sites (tertiary alicyclic amines) is 1. The molecule has 5 nitrogen and oxygen atoms in total. The first-order valence-corrected chi connectivity index (χ1v) is 7.09. The highest BCUT2D eigenvalue weighted by Gasteiger charge is 2.40. The Morgan fingerprint density at radius 1 is 1.32 bits per heavy atom. The number of piperidine rings is 1. The third-order valence-corrected chi connectivity index (χ3v) is 3.90. The van der Waals surface area contributed by atoms with Crippen LogP contribution < -0.4 is 5.32 Å². The number of amides is 2. The van der Waals surface area contributed by atoms with Gasteiger partial charge in [0.1, 0.15) is 0 Å². The van der Waals surface area contributed by atoms with E-state index in [-0.39, 0.29) is 17.4 Å². The minimum absolute atomic E-state index is 0.0881. The largest absolute Gasteiger partial charge is 0.449 e. The van der Waals surface area contributed by atoms with E-state index < -0.39 is 0 Å². The lowest BCUT2D eigenvalue weighted by atomic mass is 9.75. The van der Waals surface area contributed by atoms with Gasteiger partial charge in [0.25, 0.3) is 0 Å². The summed E-state index contributed by atoms with van der Waals surface area (Å²) >= 11 is 0. The van der Waals surface area contributed by atoms with Gasteiger partial charge in [-0.2, -0.15) is 0 Å². The van der Waals surface area contributed by atoms with E-state index >= 15 is 0 Å². The average Bonchev–Trinajstić information content (AvgIpc) is 2.43. The second-order valence-electron chi connectivity index (χ2n) is 5.67. The molecule has 1 heterocycles. The van der Waals surface area contributed by atoms with E-state index in [4.69, 9.17) is 4.74 Å². The molecule has 1 N–H and O–H groups in total. The second kappa shape index (κ2) is 6.78. The molecule has 0 radical (unpaired) electrons. The third-order valence-electron chi connectivity index (χ3n) is 3.90. The number of rotatable bonds is 4. The van der Waals surface area contributed by atoms with Gasteiger partial charge in [0.15, 0.2) is 0 Å². The molecule has 0 spiro atoms. The Labute approximate surface area is 115 Å². The molecule has 110 valence electrons. The predicted molar refractivity (Wildman–Crippen MR) is 73.8 cm³/mol. The van der Waals surface area contributed by atoms with Crippen LogP contribution in [0.25, 0.3) is 0 Å². The SMILES string of the molecule is CCC1(C(=O)NC)CCN(C(=O)OCC(C)C)CC1. The van der Waals surface area contributed by atoms with Gasteiger partial charge < -0.3 is 15.0 Å². The van der Waals surface area contributed by atoms with Crippen molar-refractivity contribution in [1.82, 2.24) is 10.2 Å². The molecule has 2 amide bonds. The first kappa shape index (κ1) is 15.8. The van der Waals surface area contributed by atoms with Gasteiger partial charge in [0, 0.05) is 20.1 Å². The monoisotopic (exact) mass is 270 g/mol. The molecule has 0 atom stereocenters. The van der Waals surface area contributed by atoms with E-state index in [9.17, 15) is 9.59 Å². The van der Waals surface area contributed by atoms with E-state index in [0.717, 1.165) is 6.42 Å². The normalized spacial score (nSPS) is 18.3. The van der Waals surface area contributed by atoms with Crippen LogP contribution in [0.3, 0.4) is 0 Å². The van der Waals surface area contributed by atoms with Crippen molar-refractivity contribution in [2.45, 2.75) is 40.0 Å². The van der Waals surface area contributed by atoms with E-state index in [1.54, 1.807) is 11.9 Å². The molecule has 1 fully saturated rings. The minimum atomic E-state index is -0.316. The Bertz CT molecular complexity index is 321. The summed E-state index contributed by atoms with van der Waals surface area (Å²) in [7, 11) is 1.67. The van der Waals surface area contributed by atoms with Gasteiger partial charge in [-0.3, -0.25) is 4.79 Å². The summed E-state index contributed by atoms with van der Waals surface area (Å²) in [6.07, 6.45) is 1.97. The average molecular weight is 270 g/mol. The van der Waals surface area contributed by atoms with Gasteiger partial charge in [0.05, 0.1) is 12.0 Å². The predicted octanol–water partition coefficient (Wildman–Crippen LogP) is 2.02. The maximum Gasteiger partial charge on any atom is 0.409 e. The van der Waals surface area contributed by atoms with Crippen molar-refractivity contribution < 1.29 is 14.3 Å². The van der Waals surface area contributed by atoms with Crippen LogP contribution in [0.2, 0.25) is 0 Å². The topological polar surface area (TPSA) is 58.6 Å². The summed E-state index contributed by atoms with van der Waals surface area (Å²) in [4.78, 5) is 25.5. The highest BCUT2D eigenvalue weighted by atomic mass is 16.6. The quantitative estimate of drug-likeness (QED) is 0.850. The lowest BCUT2D eigenvalue weighted by Crippen LogP contribution is -2.49. The molecule has 1 aliphatic heterocycles. The summed E-state index contributed by atoms with van der Waals surface area (Å²) in [6.45, 7) is 7.69. The first-order valence-electron chi connectivity index (χ1n) is 7.09. The zero-order valence-corrected chi connectivity index (χ0v) is 12.5. The molecule has 0 aromatic carbocycles. The highest BCUT2D eigenvalue weighted by Crippen LogP contribution is 2.35. The van der Waals surface area contributed by atoms with Gasteiger partial charge in [-0.05, 0) is 25.2 Å². The fourth-order valence-electron chi connectivity index (χ4n) is 2.45. The summed E-state index contributed by atoms with van der Waals surface area (Å²) in [6, 6.07) is 0. The number of carbonyl (C=O) groups is 2. The van der Waals surface area contributed by atoms with Crippen LogP contribution >= 0.6 is 0 Å². The molecule has 19 heavy (non-hydrogen) atoms. The molecular weight excluding hydrogens is 244 g/mol.